The standard InChI is InChI=1S/C30H45NO/c1-4-6-8-9-13-25-16-18-26(19-17-25)24(3)29-23-31-21-20-27(29)28-14-10-11-15-30(28)32-22-12-7-5-2/h10-11,14-15,20-21,23-26H,4-9,12-13,16-19,22H2,1-3H3. The number of rotatable bonds is 13. The zero-order valence-electron chi connectivity index (χ0n) is 20.8. The molecule has 0 amide bonds. The van der Waals surface area contributed by atoms with Crippen LogP contribution in [0.5, 0.6) is 5.75 Å². The van der Waals surface area contributed by atoms with Crippen LogP contribution in [0.15, 0.2) is 42.7 Å². The van der Waals surface area contributed by atoms with E-state index in [-0.39, 0.29) is 0 Å². The van der Waals surface area contributed by atoms with Crippen molar-refractivity contribution in [2.24, 2.45) is 11.8 Å². The Labute approximate surface area is 197 Å². The Balaban J connectivity index is 1.66. The van der Waals surface area contributed by atoms with Gasteiger partial charge >= 0.3 is 0 Å². The molecule has 1 atom stereocenters. The minimum Gasteiger partial charge on any atom is -0.493 e. The molecule has 3 rings (SSSR count). The average Bonchev–Trinajstić information content (AvgIpc) is 2.85. The minimum atomic E-state index is 0.535. The second-order valence-corrected chi connectivity index (χ2v) is 9.93. The Morgan fingerprint density at radius 1 is 0.875 bits per heavy atom. The van der Waals surface area contributed by atoms with Crippen molar-refractivity contribution < 1.29 is 4.74 Å². The molecule has 2 nitrogen and oxygen atoms in total. The highest BCUT2D eigenvalue weighted by atomic mass is 16.5. The summed E-state index contributed by atoms with van der Waals surface area (Å²) in [4.78, 5) is 4.54. The fourth-order valence-electron chi connectivity index (χ4n) is 5.45. The summed E-state index contributed by atoms with van der Waals surface area (Å²) in [5.41, 5.74) is 3.92. The van der Waals surface area contributed by atoms with Crippen LogP contribution < -0.4 is 4.74 Å². The molecule has 1 fully saturated rings. The molecule has 1 aliphatic rings. The molecule has 2 aromatic rings. The molecule has 1 unspecified atom stereocenters. The minimum absolute atomic E-state index is 0.535. The number of nitrogens with zero attached hydrogens (tertiary/aromatic N) is 1. The number of benzene rings is 1. The van der Waals surface area contributed by atoms with Crippen molar-refractivity contribution in [2.45, 2.75) is 104 Å². The molecule has 1 aromatic carbocycles. The lowest BCUT2D eigenvalue weighted by molar-refractivity contribution is 0.236. The average molecular weight is 436 g/mol. The van der Waals surface area contributed by atoms with E-state index in [0.29, 0.717) is 5.92 Å². The lowest BCUT2D eigenvalue weighted by Crippen LogP contribution is -2.19. The third kappa shape index (κ3) is 7.09. The Kier molecular flexibility index (Phi) is 10.6. The van der Waals surface area contributed by atoms with Gasteiger partial charge in [-0.05, 0) is 60.3 Å². The Morgan fingerprint density at radius 3 is 2.41 bits per heavy atom. The van der Waals surface area contributed by atoms with Gasteiger partial charge in [-0.15, -0.1) is 0 Å². The van der Waals surface area contributed by atoms with E-state index in [1.807, 2.05) is 6.20 Å². The third-order valence-corrected chi connectivity index (χ3v) is 7.59. The molecule has 0 saturated heterocycles. The van der Waals surface area contributed by atoms with Crippen molar-refractivity contribution in [1.29, 1.82) is 0 Å². The fraction of sp³-hybridized carbons (Fsp3) is 0.633. The largest absolute Gasteiger partial charge is 0.493 e. The Morgan fingerprint density at radius 2 is 1.62 bits per heavy atom. The van der Waals surface area contributed by atoms with Crippen LogP contribution >= 0.6 is 0 Å². The molecule has 1 heterocycles. The summed E-state index contributed by atoms with van der Waals surface area (Å²) in [5, 5.41) is 0. The van der Waals surface area contributed by atoms with Crippen molar-refractivity contribution in [3.63, 3.8) is 0 Å². The molecule has 176 valence electrons. The molecule has 0 N–H and O–H groups in total. The van der Waals surface area contributed by atoms with Gasteiger partial charge in [0, 0.05) is 18.0 Å². The van der Waals surface area contributed by atoms with Crippen molar-refractivity contribution in [1.82, 2.24) is 4.98 Å². The van der Waals surface area contributed by atoms with Crippen molar-refractivity contribution in [3.05, 3.63) is 48.3 Å². The number of unbranched alkanes of at least 4 members (excludes halogenated alkanes) is 5. The molecule has 0 bridgehead atoms. The van der Waals surface area contributed by atoms with E-state index in [4.69, 9.17) is 4.74 Å². The van der Waals surface area contributed by atoms with E-state index < -0.39 is 0 Å². The monoisotopic (exact) mass is 435 g/mol. The molecular formula is C30H45NO. The van der Waals surface area contributed by atoms with E-state index >= 15 is 0 Å². The first kappa shape index (κ1) is 24.8. The van der Waals surface area contributed by atoms with Crippen LogP contribution in [0.25, 0.3) is 11.1 Å². The van der Waals surface area contributed by atoms with Crippen LogP contribution in [0, 0.1) is 11.8 Å². The van der Waals surface area contributed by atoms with Crippen LogP contribution in [0.1, 0.15) is 109 Å². The summed E-state index contributed by atoms with van der Waals surface area (Å²) in [6.07, 6.45) is 20.2. The Hall–Kier alpha value is -1.83. The van der Waals surface area contributed by atoms with Crippen molar-refractivity contribution in [3.8, 4) is 16.9 Å². The molecule has 0 radical (unpaired) electrons. The van der Waals surface area contributed by atoms with Crippen LogP contribution in [0.2, 0.25) is 0 Å². The van der Waals surface area contributed by atoms with Gasteiger partial charge in [-0.3, -0.25) is 4.98 Å². The SMILES string of the molecule is CCCCCCC1CCC(C(C)c2cnccc2-c2ccccc2OCCCCC)CC1. The quantitative estimate of drug-likeness (QED) is 0.292. The van der Waals surface area contributed by atoms with E-state index in [1.165, 1.54) is 87.3 Å². The molecule has 1 saturated carbocycles. The predicted molar refractivity (Wildman–Crippen MR) is 137 cm³/mol. The van der Waals surface area contributed by atoms with Gasteiger partial charge in [0.25, 0.3) is 0 Å². The maximum absolute atomic E-state index is 6.22. The molecule has 32 heavy (non-hydrogen) atoms. The summed E-state index contributed by atoms with van der Waals surface area (Å²) in [7, 11) is 0. The van der Waals surface area contributed by atoms with Crippen LogP contribution in [-0.2, 0) is 0 Å². The first-order valence-corrected chi connectivity index (χ1v) is 13.4. The van der Waals surface area contributed by atoms with Gasteiger partial charge in [0.1, 0.15) is 5.75 Å². The van der Waals surface area contributed by atoms with E-state index in [1.54, 1.807) is 0 Å². The maximum atomic E-state index is 6.22. The zero-order valence-corrected chi connectivity index (χ0v) is 20.8. The third-order valence-electron chi connectivity index (χ3n) is 7.59. The highest BCUT2D eigenvalue weighted by Crippen LogP contribution is 2.43. The topological polar surface area (TPSA) is 22.1 Å². The number of ether oxygens (including phenoxy) is 1. The van der Waals surface area contributed by atoms with Gasteiger partial charge in [0.05, 0.1) is 6.61 Å². The van der Waals surface area contributed by atoms with Gasteiger partial charge in [-0.2, -0.15) is 0 Å². The first-order valence-electron chi connectivity index (χ1n) is 13.4. The Bertz CT molecular complexity index is 778. The lowest BCUT2D eigenvalue weighted by atomic mass is 9.72. The van der Waals surface area contributed by atoms with Crippen LogP contribution in [-0.4, -0.2) is 11.6 Å². The summed E-state index contributed by atoms with van der Waals surface area (Å²) >= 11 is 0. The highest BCUT2D eigenvalue weighted by molar-refractivity contribution is 5.73. The molecule has 1 aliphatic carbocycles. The van der Waals surface area contributed by atoms with Gasteiger partial charge in [-0.25, -0.2) is 0 Å². The number of hydrogen-bond donors (Lipinski definition) is 0. The van der Waals surface area contributed by atoms with Crippen LogP contribution in [0.4, 0.5) is 0 Å². The van der Waals surface area contributed by atoms with Crippen LogP contribution in [0.3, 0.4) is 0 Å². The number of hydrogen-bond acceptors (Lipinski definition) is 2. The second kappa shape index (κ2) is 13.7. The summed E-state index contributed by atoms with van der Waals surface area (Å²) in [5.74, 6) is 3.27. The van der Waals surface area contributed by atoms with Crippen molar-refractivity contribution >= 4 is 0 Å². The second-order valence-electron chi connectivity index (χ2n) is 9.93. The lowest BCUT2D eigenvalue weighted by Gasteiger charge is -2.33. The van der Waals surface area contributed by atoms with Gasteiger partial charge < -0.3 is 4.74 Å². The number of aromatic nitrogens is 1. The maximum Gasteiger partial charge on any atom is 0.127 e. The molecule has 2 heteroatoms. The predicted octanol–water partition coefficient (Wildman–Crippen LogP) is 9.20. The van der Waals surface area contributed by atoms with Gasteiger partial charge in [-0.1, -0.05) is 96.8 Å². The van der Waals surface area contributed by atoms with E-state index in [0.717, 1.165) is 30.6 Å². The molecular weight excluding hydrogens is 390 g/mol. The molecule has 0 aliphatic heterocycles. The first-order chi connectivity index (χ1) is 15.7. The summed E-state index contributed by atoms with van der Waals surface area (Å²) in [6.45, 7) is 7.76. The van der Waals surface area contributed by atoms with Gasteiger partial charge in [0.2, 0.25) is 0 Å². The fourth-order valence-corrected chi connectivity index (χ4v) is 5.45. The van der Waals surface area contributed by atoms with Gasteiger partial charge in [0.15, 0.2) is 0 Å². The zero-order chi connectivity index (χ0) is 22.6. The highest BCUT2D eigenvalue weighted by Gasteiger charge is 2.27. The van der Waals surface area contributed by atoms with E-state index in [9.17, 15) is 0 Å². The normalized spacial score (nSPS) is 19.6. The number of para-hydroxylation sites is 1. The summed E-state index contributed by atoms with van der Waals surface area (Å²) < 4.78 is 6.22. The summed E-state index contributed by atoms with van der Waals surface area (Å²) in [6, 6.07) is 10.8. The number of pyridine rings is 1. The molecule has 0 spiro atoms. The van der Waals surface area contributed by atoms with E-state index in [2.05, 4.69) is 62.3 Å². The molecule has 1 aromatic heterocycles. The smallest absolute Gasteiger partial charge is 0.127 e. The van der Waals surface area contributed by atoms with Crippen molar-refractivity contribution in [2.75, 3.05) is 6.61 Å².